The standard InChI is InChI=1S/C15H12FNO4/c1-10-6-7-11(8-13(10)17(19)20)14(18)9-21-15-5-3-2-4-12(15)16/h2-8H,9H2,1H3. The number of para-hydroxylation sites is 1. The molecule has 0 N–H and O–H groups in total. The minimum atomic E-state index is -0.569. The second kappa shape index (κ2) is 6.13. The van der Waals surface area contributed by atoms with Crippen LogP contribution in [0.4, 0.5) is 10.1 Å². The van der Waals surface area contributed by atoms with E-state index in [0.717, 1.165) is 0 Å². The summed E-state index contributed by atoms with van der Waals surface area (Å²) in [6.07, 6.45) is 0. The van der Waals surface area contributed by atoms with Gasteiger partial charge in [0.2, 0.25) is 0 Å². The number of hydrogen-bond donors (Lipinski definition) is 0. The van der Waals surface area contributed by atoms with Crippen LogP contribution in [0.5, 0.6) is 5.75 Å². The minimum Gasteiger partial charge on any atom is -0.482 e. The summed E-state index contributed by atoms with van der Waals surface area (Å²) in [6, 6.07) is 9.88. The van der Waals surface area contributed by atoms with Crippen molar-refractivity contribution in [1.82, 2.24) is 0 Å². The summed E-state index contributed by atoms with van der Waals surface area (Å²) in [5, 5.41) is 10.8. The number of carbonyl (C=O) groups excluding carboxylic acids is 1. The van der Waals surface area contributed by atoms with Gasteiger partial charge < -0.3 is 4.74 Å². The van der Waals surface area contributed by atoms with Crippen LogP contribution in [0, 0.1) is 22.9 Å². The molecule has 0 aliphatic carbocycles. The fraction of sp³-hybridized carbons (Fsp3) is 0.133. The maximum Gasteiger partial charge on any atom is 0.273 e. The monoisotopic (exact) mass is 289 g/mol. The second-order valence-corrected chi connectivity index (χ2v) is 4.40. The van der Waals surface area contributed by atoms with Crippen molar-refractivity contribution in [2.75, 3.05) is 6.61 Å². The average molecular weight is 289 g/mol. The van der Waals surface area contributed by atoms with Crippen molar-refractivity contribution in [3.8, 4) is 5.75 Å². The summed E-state index contributed by atoms with van der Waals surface area (Å²) in [6.45, 7) is 1.20. The summed E-state index contributed by atoms with van der Waals surface area (Å²) in [4.78, 5) is 22.2. The second-order valence-electron chi connectivity index (χ2n) is 4.40. The Morgan fingerprint density at radius 2 is 2.00 bits per heavy atom. The quantitative estimate of drug-likeness (QED) is 0.481. The lowest BCUT2D eigenvalue weighted by molar-refractivity contribution is -0.385. The highest BCUT2D eigenvalue weighted by atomic mass is 19.1. The minimum absolute atomic E-state index is 0.0348. The molecule has 0 heterocycles. The fourth-order valence-electron chi connectivity index (χ4n) is 1.77. The largest absolute Gasteiger partial charge is 0.482 e. The number of nitro groups is 1. The Kier molecular flexibility index (Phi) is 4.27. The first-order valence-electron chi connectivity index (χ1n) is 6.14. The molecule has 2 aromatic rings. The van der Waals surface area contributed by atoms with E-state index in [1.807, 2.05) is 0 Å². The van der Waals surface area contributed by atoms with Crippen LogP contribution in [-0.2, 0) is 0 Å². The van der Waals surface area contributed by atoms with Crippen LogP contribution < -0.4 is 4.74 Å². The van der Waals surface area contributed by atoms with Gasteiger partial charge in [-0.15, -0.1) is 0 Å². The number of ether oxygens (including phenoxy) is 1. The summed E-state index contributed by atoms with van der Waals surface area (Å²) >= 11 is 0. The van der Waals surface area contributed by atoms with Crippen molar-refractivity contribution in [3.05, 3.63) is 69.5 Å². The molecule has 21 heavy (non-hydrogen) atoms. The average Bonchev–Trinajstić information content (AvgIpc) is 2.46. The van der Waals surface area contributed by atoms with E-state index < -0.39 is 16.5 Å². The Morgan fingerprint density at radius 3 is 2.67 bits per heavy atom. The Hall–Kier alpha value is -2.76. The predicted molar refractivity (Wildman–Crippen MR) is 74.1 cm³/mol. The van der Waals surface area contributed by atoms with Crippen LogP contribution >= 0.6 is 0 Å². The van der Waals surface area contributed by atoms with Crippen LogP contribution in [0.1, 0.15) is 15.9 Å². The van der Waals surface area contributed by atoms with E-state index in [9.17, 15) is 19.3 Å². The number of hydrogen-bond acceptors (Lipinski definition) is 4. The zero-order chi connectivity index (χ0) is 15.4. The molecule has 0 fully saturated rings. The molecular weight excluding hydrogens is 277 g/mol. The summed E-state index contributed by atoms with van der Waals surface area (Å²) in [5.41, 5.74) is 0.488. The van der Waals surface area contributed by atoms with Crippen molar-refractivity contribution < 1.29 is 18.8 Å². The highest BCUT2D eigenvalue weighted by Crippen LogP contribution is 2.20. The first-order valence-corrected chi connectivity index (χ1v) is 6.14. The third-order valence-electron chi connectivity index (χ3n) is 2.92. The van der Waals surface area contributed by atoms with Gasteiger partial charge in [0.15, 0.2) is 24.0 Å². The molecule has 0 bridgehead atoms. The molecule has 0 unspecified atom stereocenters. The number of halogens is 1. The molecule has 108 valence electrons. The highest BCUT2D eigenvalue weighted by molar-refractivity contribution is 5.97. The van der Waals surface area contributed by atoms with E-state index >= 15 is 0 Å². The van der Waals surface area contributed by atoms with Crippen molar-refractivity contribution in [3.63, 3.8) is 0 Å². The number of ketones is 1. The maximum atomic E-state index is 13.3. The lowest BCUT2D eigenvalue weighted by Crippen LogP contribution is -2.12. The fourth-order valence-corrected chi connectivity index (χ4v) is 1.77. The molecule has 0 saturated carbocycles. The lowest BCUT2D eigenvalue weighted by Gasteiger charge is -2.06. The number of rotatable bonds is 5. The van der Waals surface area contributed by atoms with Crippen molar-refractivity contribution in [2.45, 2.75) is 6.92 Å². The van der Waals surface area contributed by atoms with Gasteiger partial charge in [-0.2, -0.15) is 0 Å². The van der Waals surface area contributed by atoms with Gasteiger partial charge in [0, 0.05) is 17.2 Å². The van der Waals surface area contributed by atoms with E-state index in [2.05, 4.69) is 0 Å². The summed E-state index contributed by atoms with van der Waals surface area (Å²) in [5.74, 6) is -1.06. The molecule has 0 spiro atoms. The number of Topliss-reactive ketones (excluding diaryl/α,β-unsaturated/α-hetero) is 1. The predicted octanol–water partition coefficient (Wildman–Crippen LogP) is 3.30. The van der Waals surface area contributed by atoms with Crippen molar-refractivity contribution in [2.24, 2.45) is 0 Å². The van der Waals surface area contributed by atoms with Crippen LogP contribution in [0.25, 0.3) is 0 Å². The molecule has 6 heteroatoms. The Labute approximate surface area is 120 Å². The third kappa shape index (κ3) is 3.42. The van der Waals surface area contributed by atoms with Crippen molar-refractivity contribution in [1.29, 1.82) is 0 Å². The molecule has 0 aliphatic heterocycles. The number of nitro benzene ring substituents is 1. The molecule has 2 rings (SSSR count). The number of carbonyl (C=O) groups is 1. The van der Waals surface area contributed by atoms with Gasteiger partial charge in [-0.25, -0.2) is 4.39 Å². The molecule has 0 amide bonds. The van der Waals surface area contributed by atoms with Crippen molar-refractivity contribution >= 4 is 11.5 Å². The highest BCUT2D eigenvalue weighted by Gasteiger charge is 2.15. The zero-order valence-electron chi connectivity index (χ0n) is 11.2. The Balaban J connectivity index is 2.12. The number of aryl methyl sites for hydroxylation is 1. The molecule has 0 aliphatic rings. The van der Waals surface area contributed by atoms with Gasteiger partial charge in [-0.05, 0) is 19.1 Å². The third-order valence-corrected chi connectivity index (χ3v) is 2.92. The van der Waals surface area contributed by atoms with Gasteiger partial charge in [0.25, 0.3) is 5.69 Å². The van der Waals surface area contributed by atoms with Gasteiger partial charge in [0.1, 0.15) is 0 Å². The number of benzene rings is 2. The molecule has 5 nitrogen and oxygen atoms in total. The normalized spacial score (nSPS) is 10.2. The van der Waals surface area contributed by atoms with Gasteiger partial charge in [-0.1, -0.05) is 24.3 Å². The lowest BCUT2D eigenvalue weighted by atomic mass is 10.1. The first-order chi connectivity index (χ1) is 9.99. The molecule has 0 radical (unpaired) electrons. The Bertz CT molecular complexity index is 700. The smallest absolute Gasteiger partial charge is 0.273 e. The van der Waals surface area contributed by atoms with Crippen LogP contribution in [0.2, 0.25) is 0 Å². The SMILES string of the molecule is Cc1ccc(C(=O)COc2ccccc2F)cc1[N+](=O)[O-]. The van der Waals surface area contributed by atoms with Gasteiger partial charge >= 0.3 is 0 Å². The van der Waals surface area contributed by atoms with E-state index in [-0.39, 0.29) is 23.6 Å². The first kappa shape index (κ1) is 14.6. The van der Waals surface area contributed by atoms with E-state index in [0.29, 0.717) is 5.56 Å². The van der Waals surface area contributed by atoms with Crippen LogP contribution in [0.3, 0.4) is 0 Å². The van der Waals surface area contributed by atoms with E-state index in [1.165, 1.54) is 36.4 Å². The topological polar surface area (TPSA) is 69.4 Å². The Morgan fingerprint density at radius 1 is 1.29 bits per heavy atom. The molecule has 0 aromatic heterocycles. The number of nitrogens with zero attached hydrogens (tertiary/aromatic N) is 1. The molecular formula is C15H12FNO4. The summed E-state index contributed by atoms with van der Waals surface area (Å²) < 4.78 is 18.4. The van der Waals surface area contributed by atoms with Crippen LogP contribution in [-0.4, -0.2) is 17.3 Å². The zero-order valence-corrected chi connectivity index (χ0v) is 11.2. The van der Waals surface area contributed by atoms with Crippen LogP contribution in [0.15, 0.2) is 42.5 Å². The molecule has 0 saturated heterocycles. The van der Waals surface area contributed by atoms with Gasteiger partial charge in [0.05, 0.1) is 4.92 Å². The maximum absolute atomic E-state index is 13.3. The molecule has 0 atom stereocenters. The van der Waals surface area contributed by atoms with E-state index in [4.69, 9.17) is 4.74 Å². The van der Waals surface area contributed by atoms with Gasteiger partial charge in [-0.3, -0.25) is 14.9 Å². The molecule has 2 aromatic carbocycles. The van der Waals surface area contributed by atoms with E-state index in [1.54, 1.807) is 13.0 Å². The summed E-state index contributed by atoms with van der Waals surface area (Å²) in [7, 11) is 0.